The minimum absolute atomic E-state index is 0.110. The fourth-order valence-corrected chi connectivity index (χ4v) is 6.31. The average molecular weight is 840 g/mol. The van der Waals surface area contributed by atoms with E-state index in [2.05, 4.69) is 13.8 Å². The van der Waals surface area contributed by atoms with Crippen LogP contribution in [0.25, 0.3) is 0 Å². The number of esters is 4. The molecule has 0 unspecified atom stereocenters. The standard InChI is InChI=1S/C51H53NO10/c1-3-5-7-9-11-13-34-57-40-24-18-37(19-25-40)48(53)59-42-28-22-39(23-29-42)50(55)62-47-17-15-16-45(46(47)36-52)51(56)61-44-32-30-43(31-33-44)60-49(54)38-20-26-41(27-21-38)58-35-14-12-10-8-6-4-2/h15-33H,3-14,34-35H2,1-2H3. The number of unbranched alkanes of at least 4 members (excludes halogenated alkanes) is 10. The molecular formula is C51H53NO10. The molecule has 11 nitrogen and oxygen atoms in total. The van der Waals surface area contributed by atoms with E-state index in [9.17, 15) is 24.4 Å². The third kappa shape index (κ3) is 14.7. The summed E-state index contributed by atoms with van der Waals surface area (Å²) in [5.41, 5.74) is 0.450. The van der Waals surface area contributed by atoms with Crippen LogP contribution in [0, 0.1) is 11.3 Å². The van der Waals surface area contributed by atoms with Crippen LogP contribution in [0.4, 0.5) is 0 Å². The summed E-state index contributed by atoms with van der Waals surface area (Å²) in [7, 11) is 0. The van der Waals surface area contributed by atoms with Crippen molar-refractivity contribution in [1.29, 1.82) is 5.26 Å². The number of ether oxygens (including phenoxy) is 6. The SMILES string of the molecule is CCCCCCCCOc1ccc(C(=O)Oc2ccc(OC(=O)c3cccc(OC(=O)c4ccc(OC(=O)c5ccc(OCCCCCCCC)cc5)cc4)c3C#N)cc2)cc1. The van der Waals surface area contributed by atoms with Gasteiger partial charge < -0.3 is 28.4 Å². The molecule has 0 saturated heterocycles. The average Bonchev–Trinajstić information content (AvgIpc) is 3.29. The molecule has 0 amide bonds. The first-order chi connectivity index (χ1) is 30.3. The zero-order valence-corrected chi connectivity index (χ0v) is 35.4. The molecule has 11 heteroatoms. The highest BCUT2D eigenvalue weighted by atomic mass is 16.6. The van der Waals surface area contributed by atoms with Crippen LogP contribution >= 0.6 is 0 Å². The van der Waals surface area contributed by atoms with E-state index in [4.69, 9.17) is 28.4 Å². The van der Waals surface area contributed by atoms with Gasteiger partial charge in [0.1, 0.15) is 46.1 Å². The van der Waals surface area contributed by atoms with Gasteiger partial charge in [-0.25, -0.2) is 19.2 Å². The normalized spacial score (nSPS) is 10.6. The molecule has 0 saturated carbocycles. The summed E-state index contributed by atoms with van der Waals surface area (Å²) < 4.78 is 33.6. The summed E-state index contributed by atoms with van der Waals surface area (Å²) in [6, 6.07) is 31.1. The minimum Gasteiger partial charge on any atom is -0.494 e. The maximum Gasteiger partial charge on any atom is 0.345 e. The van der Waals surface area contributed by atoms with Gasteiger partial charge in [0.25, 0.3) is 0 Å². The van der Waals surface area contributed by atoms with Crippen molar-refractivity contribution in [2.45, 2.75) is 90.9 Å². The van der Waals surface area contributed by atoms with E-state index in [1.54, 1.807) is 48.5 Å². The third-order valence-corrected chi connectivity index (χ3v) is 9.82. The number of carbonyl (C=O) groups is 4. The summed E-state index contributed by atoms with van der Waals surface area (Å²) in [4.78, 5) is 51.8. The Balaban J connectivity index is 1.08. The second-order valence-corrected chi connectivity index (χ2v) is 14.6. The molecule has 0 aliphatic rings. The van der Waals surface area contributed by atoms with Crippen molar-refractivity contribution in [3.05, 3.63) is 143 Å². The van der Waals surface area contributed by atoms with Crippen molar-refractivity contribution in [3.8, 4) is 40.6 Å². The Kier molecular flexibility index (Phi) is 18.6. The molecule has 62 heavy (non-hydrogen) atoms. The van der Waals surface area contributed by atoms with Crippen LogP contribution in [0.15, 0.2) is 115 Å². The van der Waals surface area contributed by atoms with E-state index >= 15 is 0 Å². The Hall–Kier alpha value is -6.93. The summed E-state index contributed by atoms with van der Waals surface area (Å²) in [6.07, 6.45) is 14.0. The highest BCUT2D eigenvalue weighted by Crippen LogP contribution is 2.27. The molecule has 5 aromatic carbocycles. The second-order valence-electron chi connectivity index (χ2n) is 14.6. The fraction of sp³-hybridized carbons (Fsp3) is 0.314. The number of hydrogen-bond donors (Lipinski definition) is 0. The lowest BCUT2D eigenvalue weighted by atomic mass is 10.1. The van der Waals surface area contributed by atoms with Crippen molar-refractivity contribution in [2.75, 3.05) is 13.2 Å². The zero-order chi connectivity index (χ0) is 43.9. The van der Waals surface area contributed by atoms with E-state index in [-0.39, 0.29) is 39.7 Å². The summed E-state index contributed by atoms with van der Waals surface area (Å²) in [5, 5.41) is 9.96. The van der Waals surface area contributed by atoms with E-state index in [1.165, 1.54) is 118 Å². The molecule has 0 bridgehead atoms. The van der Waals surface area contributed by atoms with Gasteiger partial charge in [0.05, 0.1) is 35.5 Å². The largest absolute Gasteiger partial charge is 0.494 e. The number of nitriles is 1. The predicted molar refractivity (Wildman–Crippen MR) is 235 cm³/mol. The van der Waals surface area contributed by atoms with Gasteiger partial charge in [-0.05, 0) is 122 Å². The monoisotopic (exact) mass is 839 g/mol. The Morgan fingerprint density at radius 2 is 0.774 bits per heavy atom. The molecule has 0 radical (unpaired) electrons. The third-order valence-electron chi connectivity index (χ3n) is 9.82. The van der Waals surface area contributed by atoms with Crippen molar-refractivity contribution >= 4 is 23.9 Å². The molecule has 0 aromatic heterocycles. The Morgan fingerprint density at radius 3 is 1.19 bits per heavy atom. The van der Waals surface area contributed by atoms with Crippen LogP contribution < -0.4 is 28.4 Å². The number of benzene rings is 5. The van der Waals surface area contributed by atoms with Crippen molar-refractivity contribution in [1.82, 2.24) is 0 Å². The minimum atomic E-state index is -0.871. The highest BCUT2D eigenvalue weighted by Gasteiger charge is 2.21. The first kappa shape index (κ1) is 46.1. The van der Waals surface area contributed by atoms with Gasteiger partial charge in [-0.3, -0.25) is 0 Å². The number of rotatable bonds is 24. The van der Waals surface area contributed by atoms with Crippen LogP contribution in [0.1, 0.15) is 138 Å². The van der Waals surface area contributed by atoms with Gasteiger partial charge in [-0.1, -0.05) is 84.1 Å². The van der Waals surface area contributed by atoms with Crippen LogP contribution in [-0.2, 0) is 0 Å². The molecule has 5 rings (SSSR count). The number of carbonyl (C=O) groups excluding carboxylic acids is 4. The Labute approximate surface area is 363 Å². The van der Waals surface area contributed by atoms with Gasteiger partial charge in [-0.2, -0.15) is 5.26 Å². The van der Waals surface area contributed by atoms with Gasteiger partial charge in [0.2, 0.25) is 0 Å². The molecule has 0 N–H and O–H groups in total. The van der Waals surface area contributed by atoms with Gasteiger partial charge in [-0.15, -0.1) is 0 Å². The number of nitrogens with zero attached hydrogens (tertiary/aromatic N) is 1. The van der Waals surface area contributed by atoms with Gasteiger partial charge in [0, 0.05) is 0 Å². The van der Waals surface area contributed by atoms with E-state index in [0.29, 0.717) is 35.8 Å². The lowest BCUT2D eigenvalue weighted by Gasteiger charge is -2.11. The van der Waals surface area contributed by atoms with Crippen molar-refractivity contribution in [3.63, 3.8) is 0 Å². The highest BCUT2D eigenvalue weighted by molar-refractivity contribution is 5.96. The molecule has 0 heterocycles. The molecule has 5 aromatic rings. The molecule has 0 aliphatic carbocycles. The molecule has 0 fully saturated rings. The van der Waals surface area contributed by atoms with Crippen molar-refractivity contribution in [2.24, 2.45) is 0 Å². The predicted octanol–water partition coefficient (Wildman–Crippen LogP) is 11.9. The van der Waals surface area contributed by atoms with Gasteiger partial charge >= 0.3 is 23.9 Å². The topological polar surface area (TPSA) is 147 Å². The smallest absolute Gasteiger partial charge is 0.345 e. The van der Waals surface area contributed by atoms with E-state index in [0.717, 1.165) is 25.7 Å². The summed E-state index contributed by atoms with van der Waals surface area (Å²) in [5.74, 6) is -1.06. The molecule has 0 spiro atoms. The quantitative estimate of drug-likeness (QED) is 0.0332. The summed E-state index contributed by atoms with van der Waals surface area (Å²) >= 11 is 0. The molecule has 322 valence electrons. The summed E-state index contributed by atoms with van der Waals surface area (Å²) in [6.45, 7) is 5.62. The molecular weight excluding hydrogens is 787 g/mol. The Morgan fingerprint density at radius 1 is 0.419 bits per heavy atom. The molecule has 0 atom stereocenters. The zero-order valence-electron chi connectivity index (χ0n) is 35.4. The lowest BCUT2D eigenvalue weighted by Crippen LogP contribution is -2.14. The second kappa shape index (κ2) is 25.0. The van der Waals surface area contributed by atoms with Crippen LogP contribution in [0.3, 0.4) is 0 Å². The van der Waals surface area contributed by atoms with Gasteiger partial charge in [0.15, 0.2) is 0 Å². The van der Waals surface area contributed by atoms with E-state index in [1.807, 2.05) is 6.07 Å². The first-order valence-electron chi connectivity index (χ1n) is 21.4. The maximum atomic E-state index is 13.2. The Bertz CT molecular complexity index is 2240. The number of hydrogen-bond acceptors (Lipinski definition) is 11. The fourth-order valence-electron chi connectivity index (χ4n) is 6.31. The van der Waals surface area contributed by atoms with Crippen LogP contribution in [-0.4, -0.2) is 37.1 Å². The van der Waals surface area contributed by atoms with Crippen molar-refractivity contribution < 1.29 is 47.6 Å². The van der Waals surface area contributed by atoms with Crippen LogP contribution in [0.2, 0.25) is 0 Å². The maximum absolute atomic E-state index is 13.2. The lowest BCUT2D eigenvalue weighted by molar-refractivity contribution is 0.0712. The first-order valence-corrected chi connectivity index (χ1v) is 21.4. The molecule has 0 aliphatic heterocycles. The van der Waals surface area contributed by atoms with Crippen LogP contribution in [0.5, 0.6) is 34.5 Å². The van der Waals surface area contributed by atoms with E-state index < -0.39 is 23.9 Å².